The summed E-state index contributed by atoms with van der Waals surface area (Å²) in [6, 6.07) is 7.80. The predicted molar refractivity (Wildman–Crippen MR) is 105 cm³/mol. The maximum atomic E-state index is 12.7. The predicted octanol–water partition coefficient (Wildman–Crippen LogP) is 1.93. The number of piperazine rings is 1. The van der Waals surface area contributed by atoms with Gasteiger partial charge in [-0.25, -0.2) is 9.97 Å². The zero-order valence-electron chi connectivity index (χ0n) is 15.1. The smallest absolute Gasteiger partial charge is 0.274 e. The van der Waals surface area contributed by atoms with Crippen LogP contribution in [-0.4, -0.2) is 73.3 Å². The van der Waals surface area contributed by atoms with E-state index < -0.39 is 0 Å². The lowest BCUT2D eigenvalue weighted by Crippen LogP contribution is -2.49. The van der Waals surface area contributed by atoms with Crippen molar-refractivity contribution < 1.29 is 9.53 Å². The molecular formula is C19H22ClN5O2. The number of carbonyl (C=O) groups is 1. The van der Waals surface area contributed by atoms with Crippen LogP contribution in [0, 0.1) is 0 Å². The highest BCUT2D eigenvalue weighted by Gasteiger charge is 2.24. The third kappa shape index (κ3) is 4.14. The number of hydrogen-bond acceptors (Lipinski definition) is 6. The molecule has 1 aromatic heterocycles. The number of amides is 1. The van der Waals surface area contributed by atoms with Crippen LogP contribution in [0.15, 0.2) is 36.7 Å². The number of aromatic nitrogens is 2. The molecule has 1 aromatic carbocycles. The third-order valence-corrected chi connectivity index (χ3v) is 5.17. The molecule has 2 saturated heterocycles. The molecule has 0 saturated carbocycles. The van der Waals surface area contributed by atoms with Crippen molar-refractivity contribution in [3.63, 3.8) is 0 Å². The first-order chi connectivity index (χ1) is 13.2. The second kappa shape index (κ2) is 8.10. The molecule has 27 heavy (non-hydrogen) atoms. The van der Waals surface area contributed by atoms with Crippen LogP contribution in [0.25, 0.3) is 0 Å². The molecule has 2 aliphatic heterocycles. The van der Waals surface area contributed by atoms with Gasteiger partial charge < -0.3 is 19.4 Å². The average molecular weight is 388 g/mol. The van der Waals surface area contributed by atoms with Gasteiger partial charge in [-0.2, -0.15) is 0 Å². The van der Waals surface area contributed by atoms with Crippen molar-refractivity contribution in [2.24, 2.45) is 0 Å². The highest BCUT2D eigenvalue weighted by molar-refractivity contribution is 6.30. The van der Waals surface area contributed by atoms with E-state index >= 15 is 0 Å². The summed E-state index contributed by atoms with van der Waals surface area (Å²) in [5.74, 6) is 0.724. The summed E-state index contributed by atoms with van der Waals surface area (Å²) in [6.45, 7) is 5.83. The Kier molecular flexibility index (Phi) is 5.40. The molecule has 142 valence electrons. The van der Waals surface area contributed by atoms with E-state index in [1.807, 2.05) is 29.2 Å². The van der Waals surface area contributed by atoms with Crippen LogP contribution >= 0.6 is 11.6 Å². The van der Waals surface area contributed by atoms with E-state index in [-0.39, 0.29) is 5.91 Å². The van der Waals surface area contributed by atoms with Gasteiger partial charge in [0.2, 0.25) is 0 Å². The van der Waals surface area contributed by atoms with E-state index in [0.29, 0.717) is 32.0 Å². The Morgan fingerprint density at radius 3 is 2.41 bits per heavy atom. The molecule has 8 heteroatoms. The number of ether oxygens (including phenoxy) is 1. The van der Waals surface area contributed by atoms with Crippen LogP contribution in [-0.2, 0) is 4.74 Å². The molecule has 0 radical (unpaired) electrons. The van der Waals surface area contributed by atoms with Gasteiger partial charge in [0.05, 0.1) is 25.6 Å². The first kappa shape index (κ1) is 18.0. The van der Waals surface area contributed by atoms with Crippen molar-refractivity contribution >= 4 is 29.0 Å². The second-order valence-corrected chi connectivity index (χ2v) is 7.05. The fourth-order valence-electron chi connectivity index (χ4n) is 3.39. The fraction of sp³-hybridized carbons (Fsp3) is 0.421. The Hall–Kier alpha value is -2.38. The summed E-state index contributed by atoms with van der Waals surface area (Å²) in [6.07, 6.45) is 3.26. The molecule has 2 aliphatic rings. The zero-order chi connectivity index (χ0) is 18.6. The molecule has 0 N–H and O–H groups in total. The molecule has 7 nitrogen and oxygen atoms in total. The van der Waals surface area contributed by atoms with Crippen LogP contribution in [0.4, 0.5) is 11.5 Å². The van der Waals surface area contributed by atoms with Crippen LogP contribution in [0.3, 0.4) is 0 Å². The molecule has 0 bridgehead atoms. The van der Waals surface area contributed by atoms with Crippen molar-refractivity contribution in [3.05, 3.63) is 47.4 Å². The summed E-state index contributed by atoms with van der Waals surface area (Å²) in [7, 11) is 0. The zero-order valence-corrected chi connectivity index (χ0v) is 15.8. The number of rotatable bonds is 3. The molecule has 0 unspecified atom stereocenters. The number of anilines is 2. The van der Waals surface area contributed by atoms with E-state index in [2.05, 4.69) is 19.8 Å². The lowest BCUT2D eigenvalue weighted by molar-refractivity contribution is 0.0740. The van der Waals surface area contributed by atoms with Gasteiger partial charge >= 0.3 is 0 Å². The van der Waals surface area contributed by atoms with Gasteiger partial charge in [-0.05, 0) is 18.2 Å². The minimum absolute atomic E-state index is 0.0678. The maximum absolute atomic E-state index is 12.7. The van der Waals surface area contributed by atoms with Gasteiger partial charge in [-0.15, -0.1) is 0 Å². The molecule has 0 aliphatic carbocycles. The van der Waals surface area contributed by atoms with Crippen LogP contribution in [0.1, 0.15) is 10.5 Å². The number of benzene rings is 1. The first-order valence-corrected chi connectivity index (χ1v) is 9.53. The third-order valence-electron chi connectivity index (χ3n) is 4.93. The Morgan fingerprint density at radius 2 is 1.74 bits per heavy atom. The highest BCUT2D eigenvalue weighted by atomic mass is 35.5. The summed E-state index contributed by atoms with van der Waals surface area (Å²) >= 11 is 6.08. The first-order valence-electron chi connectivity index (χ1n) is 9.15. The minimum Gasteiger partial charge on any atom is -0.378 e. The Labute approximate surface area is 163 Å². The highest BCUT2D eigenvalue weighted by Crippen LogP contribution is 2.21. The Morgan fingerprint density at radius 1 is 0.963 bits per heavy atom. The Bertz CT molecular complexity index is 787. The largest absolute Gasteiger partial charge is 0.378 e. The van der Waals surface area contributed by atoms with Crippen LogP contribution in [0.2, 0.25) is 5.02 Å². The number of nitrogens with zero attached hydrogens (tertiary/aromatic N) is 5. The number of morpholine rings is 1. The number of carbonyl (C=O) groups excluding carboxylic acids is 1. The Balaban J connectivity index is 1.36. The molecule has 4 rings (SSSR count). The van der Waals surface area contributed by atoms with E-state index in [1.165, 1.54) is 0 Å². The van der Waals surface area contributed by atoms with Gasteiger partial charge in [0.15, 0.2) is 0 Å². The van der Waals surface area contributed by atoms with Crippen LogP contribution < -0.4 is 9.80 Å². The monoisotopic (exact) mass is 387 g/mol. The topological polar surface area (TPSA) is 61.8 Å². The number of halogens is 1. The van der Waals surface area contributed by atoms with Crippen molar-refractivity contribution in [1.82, 2.24) is 14.9 Å². The van der Waals surface area contributed by atoms with Crippen molar-refractivity contribution in [2.75, 3.05) is 62.3 Å². The van der Waals surface area contributed by atoms with Gasteiger partial charge in [-0.1, -0.05) is 17.7 Å². The van der Waals surface area contributed by atoms with E-state index in [9.17, 15) is 4.79 Å². The summed E-state index contributed by atoms with van der Waals surface area (Å²) in [5, 5.41) is 0.724. The average Bonchev–Trinajstić information content (AvgIpc) is 2.74. The molecule has 2 aromatic rings. The summed E-state index contributed by atoms with van der Waals surface area (Å²) in [5.41, 5.74) is 1.48. The number of hydrogen-bond donors (Lipinski definition) is 0. The van der Waals surface area contributed by atoms with Crippen molar-refractivity contribution in [3.8, 4) is 0 Å². The van der Waals surface area contributed by atoms with Crippen molar-refractivity contribution in [2.45, 2.75) is 0 Å². The fourth-order valence-corrected chi connectivity index (χ4v) is 3.57. The van der Waals surface area contributed by atoms with Gasteiger partial charge in [-0.3, -0.25) is 4.79 Å². The lowest BCUT2D eigenvalue weighted by Gasteiger charge is -2.36. The quantitative estimate of drug-likeness (QED) is 0.802. The van der Waals surface area contributed by atoms with E-state index in [0.717, 1.165) is 42.7 Å². The molecular weight excluding hydrogens is 366 g/mol. The van der Waals surface area contributed by atoms with E-state index in [4.69, 9.17) is 16.3 Å². The minimum atomic E-state index is -0.0678. The molecule has 0 atom stereocenters. The normalized spacial score (nSPS) is 17.9. The SMILES string of the molecule is O=C(c1cnc(N2CCOCC2)cn1)N1CCN(c2cccc(Cl)c2)CC1. The standard InChI is InChI=1S/C19H22ClN5O2/c20-15-2-1-3-16(12-15)23-4-6-25(7-5-23)19(26)17-13-22-18(14-21-17)24-8-10-27-11-9-24/h1-3,12-14H,4-11H2. The second-order valence-electron chi connectivity index (χ2n) is 6.62. The summed E-state index contributed by atoms with van der Waals surface area (Å²) < 4.78 is 5.35. The van der Waals surface area contributed by atoms with E-state index in [1.54, 1.807) is 12.4 Å². The lowest BCUT2D eigenvalue weighted by atomic mass is 10.2. The van der Waals surface area contributed by atoms with Gasteiger partial charge in [0, 0.05) is 50.0 Å². The molecule has 3 heterocycles. The van der Waals surface area contributed by atoms with Gasteiger partial charge in [0.1, 0.15) is 11.5 Å². The van der Waals surface area contributed by atoms with Crippen LogP contribution in [0.5, 0.6) is 0 Å². The molecule has 0 spiro atoms. The van der Waals surface area contributed by atoms with Gasteiger partial charge in [0.25, 0.3) is 5.91 Å². The molecule has 1 amide bonds. The summed E-state index contributed by atoms with van der Waals surface area (Å²) in [4.78, 5) is 27.7. The maximum Gasteiger partial charge on any atom is 0.274 e. The molecule has 2 fully saturated rings. The van der Waals surface area contributed by atoms with Crippen molar-refractivity contribution in [1.29, 1.82) is 0 Å².